The first kappa shape index (κ1) is 15.4. The summed E-state index contributed by atoms with van der Waals surface area (Å²) < 4.78 is 3.57. The van der Waals surface area contributed by atoms with Crippen molar-refractivity contribution in [2.45, 2.75) is 32.6 Å². The van der Waals surface area contributed by atoms with Gasteiger partial charge in [-0.1, -0.05) is 11.6 Å². The number of imidazole rings is 1. The maximum Gasteiger partial charge on any atom is 0.244 e. The molecule has 1 fully saturated rings. The monoisotopic (exact) mass is 345 g/mol. The highest BCUT2D eigenvalue weighted by Crippen LogP contribution is 2.18. The molecule has 3 aromatic rings. The minimum atomic E-state index is 0.571. The lowest BCUT2D eigenvalue weighted by Crippen LogP contribution is -2.19. The van der Waals surface area contributed by atoms with Gasteiger partial charge >= 0.3 is 0 Å². The Labute approximate surface area is 145 Å². The normalized spacial score (nSPS) is 14.9. The zero-order valence-electron chi connectivity index (χ0n) is 13.9. The second kappa shape index (κ2) is 6.05. The molecule has 0 N–H and O–H groups in total. The zero-order chi connectivity index (χ0) is 16.7. The highest BCUT2D eigenvalue weighted by molar-refractivity contribution is 6.30. The molecule has 7 nitrogen and oxygen atoms in total. The maximum atomic E-state index is 6.24. The smallest absolute Gasteiger partial charge is 0.244 e. The fourth-order valence-electron chi connectivity index (χ4n) is 3.10. The number of aromatic nitrogens is 6. The lowest BCUT2D eigenvalue weighted by molar-refractivity contribution is 0.682. The van der Waals surface area contributed by atoms with Crippen molar-refractivity contribution < 1.29 is 0 Å². The van der Waals surface area contributed by atoms with Crippen molar-refractivity contribution in [3.63, 3.8) is 0 Å². The van der Waals surface area contributed by atoms with Crippen molar-refractivity contribution in [2.75, 3.05) is 18.0 Å². The molecule has 0 unspecified atom stereocenters. The van der Waals surface area contributed by atoms with Crippen LogP contribution in [0.15, 0.2) is 12.1 Å². The number of hydrogen-bond donors (Lipinski definition) is 0. The van der Waals surface area contributed by atoms with Crippen LogP contribution < -0.4 is 4.90 Å². The van der Waals surface area contributed by atoms with Gasteiger partial charge in [-0.15, -0.1) is 5.10 Å². The minimum absolute atomic E-state index is 0.571. The summed E-state index contributed by atoms with van der Waals surface area (Å²) in [5.41, 5.74) is 2.54. The van der Waals surface area contributed by atoms with Crippen LogP contribution in [0.4, 0.5) is 5.95 Å². The van der Waals surface area contributed by atoms with Gasteiger partial charge in [-0.3, -0.25) is 4.68 Å². The number of hydrogen-bond acceptors (Lipinski definition) is 5. The average Bonchev–Trinajstić information content (AvgIpc) is 3.27. The summed E-state index contributed by atoms with van der Waals surface area (Å²) in [6.45, 7) is 4.00. The van der Waals surface area contributed by atoms with Crippen molar-refractivity contribution in [2.24, 2.45) is 7.05 Å². The van der Waals surface area contributed by atoms with Gasteiger partial charge in [0.05, 0.1) is 11.4 Å². The molecule has 0 radical (unpaired) electrons. The molecule has 0 bridgehead atoms. The van der Waals surface area contributed by atoms with Gasteiger partial charge < -0.3 is 4.90 Å². The molecule has 4 rings (SSSR count). The maximum absolute atomic E-state index is 6.24. The molecule has 1 aliphatic rings. The lowest BCUT2D eigenvalue weighted by Gasteiger charge is -2.10. The Morgan fingerprint density at radius 3 is 2.67 bits per heavy atom. The molecule has 0 atom stereocenters. The van der Waals surface area contributed by atoms with Crippen LogP contribution in [0.5, 0.6) is 0 Å². The Morgan fingerprint density at radius 1 is 1.08 bits per heavy atom. The number of fused-ring (bicyclic) bond motifs is 1. The molecule has 3 aromatic heterocycles. The van der Waals surface area contributed by atoms with Gasteiger partial charge in [-0.2, -0.15) is 10.1 Å². The number of halogens is 1. The molecule has 0 amide bonds. The Bertz CT molecular complexity index is 876. The van der Waals surface area contributed by atoms with E-state index in [0.29, 0.717) is 5.15 Å². The molecule has 8 heteroatoms. The Hall–Kier alpha value is -2.15. The summed E-state index contributed by atoms with van der Waals surface area (Å²) in [6, 6.07) is 3.95. The fourth-order valence-corrected chi connectivity index (χ4v) is 3.27. The van der Waals surface area contributed by atoms with Crippen molar-refractivity contribution in [1.29, 1.82) is 0 Å². The van der Waals surface area contributed by atoms with Gasteiger partial charge in [0, 0.05) is 26.6 Å². The van der Waals surface area contributed by atoms with Gasteiger partial charge in [0.15, 0.2) is 10.8 Å². The summed E-state index contributed by atoms with van der Waals surface area (Å²) >= 11 is 6.24. The predicted octanol–water partition coefficient (Wildman–Crippen LogP) is 2.21. The lowest BCUT2D eigenvalue weighted by atomic mass is 10.2. The largest absolute Gasteiger partial charge is 0.340 e. The summed E-state index contributed by atoms with van der Waals surface area (Å²) in [5, 5.41) is 9.70. The molecular weight excluding hydrogens is 326 g/mol. The van der Waals surface area contributed by atoms with Crippen LogP contribution in [0.3, 0.4) is 0 Å². The Kier molecular flexibility index (Phi) is 3.88. The van der Waals surface area contributed by atoms with Gasteiger partial charge in [-0.05, 0) is 38.3 Å². The van der Waals surface area contributed by atoms with Crippen LogP contribution in [0.2, 0.25) is 5.15 Å². The summed E-state index contributed by atoms with van der Waals surface area (Å²) in [4.78, 5) is 11.3. The van der Waals surface area contributed by atoms with E-state index in [2.05, 4.69) is 20.1 Å². The number of aryl methyl sites for hydroxylation is 4. The summed E-state index contributed by atoms with van der Waals surface area (Å²) in [5.74, 6) is 1.83. The first-order chi connectivity index (χ1) is 11.6. The van der Waals surface area contributed by atoms with Gasteiger partial charge in [0.25, 0.3) is 0 Å². The van der Waals surface area contributed by atoms with Crippen LogP contribution in [0.25, 0.3) is 5.65 Å². The van der Waals surface area contributed by atoms with E-state index in [1.165, 1.54) is 12.8 Å². The third kappa shape index (κ3) is 2.73. The van der Waals surface area contributed by atoms with Crippen molar-refractivity contribution in [3.8, 4) is 0 Å². The summed E-state index contributed by atoms with van der Waals surface area (Å²) in [7, 11) is 1.95. The number of rotatable bonds is 4. The standard InChI is InChI=1S/C16H20ClN7/c1-11-15(17)24-14(18-11)8-6-12(20-24)5-7-13-19-16(21-22(13)2)23-9-3-4-10-23/h6,8H,3-5,7,9-10H2,1-2H3. The van der Waals surface area contributed by atoms with Crippen LogP contribution in [-0.2, 0) is 19.9 Å². The molecule has 126 valence electrons. The minimum Gasteiger partial charge on any atom is -0.340 e. The quantitative estimate of drug-likeness (QED) is 0.725. The molecule has 0 saturated carbocycles. The van der Waals surface area contributed by atoms with E-state index in [1.807, 2.05) is 30.8 Å². The molecule has 0 aliphatic carbocycles. The molecule has 24 heavy (non-hydrogen) atoms. The van der Waals surface area contributed by atoms with Gasteiger partial charge in [0.1, 0.15) is 5.82 Å². The van der Waals surface area contributed by atoms with Gasteiger partial charge in [-0.25, -0.2) is 9.50 Å². The topological polar surface area (TPSA) is 64.1 Å². The van der Waals surface area contributed by atoms with Crippen LogP contribution in [0.1, 0.15) is 30.1 Å². The highest BCUT2D eigenvalue weighted by Gasteiger charge is 2.18. The van der Waals surface area contributed by atoms with E-state index in [9.17, 15) is 0 Å². The van der Waals surface area contributed by atoms with E-state index in [-0.39, 0.29) is 0 Å². The zero-order valence-corrected chi connectivity index (χ0v) is 14.7. The molecule has 1 aliphatic heterocycles. The van der Waals surface area contributed by atoms with E-state index < -0.39 is 0 Å². The second-order valence-corrected chi connectivity index (χ2v) is 6.59. The molecule has 0 aromatic carbocycles. The van der Waals surface area contributed by atoms with E-state index in [0.717, 1.165) is 54.7 Å². The molecule has 4 heterocycles. The van der Waals surface area contributed by atoms with E-state index in [4.69, 9.17) is 16.6 Å². The van der Waals surface area contributed by atoms with Crippen LogP contribution >= 0.6 is 11.6 Å². The van der Waals surface area contributed by atoms with Crippen molar-refractivity contribution in [3.05, 3.63) is 34.5 Å². The Balaban J connectivity index is 1.51. The average molecular weight is 346 g/mol. The molecule has 0 spiro atoms. The van der Waals surface area contributed by atoms with Crippen LogP contribution in [-0.4, -0.2) is 42.5 Å². The highest BCUT2D eigenvalue weighted by atomic mass is 35.5. The van der Waals surface area contributed by atoms with E-state index >= 15 is 0 Å². The first-order valence-corrected chi connectivity index (χ1v) is 8.65. The Morgan fingerprint density at radius 2 is 1.88 bits per heavy atom. The predicted molar refractivity (Wildman–Crippen MR) is 92.6 cm³/mol. The van der Waals surface area contributed by atoms with E-state index in [1.54, 1.807) is 4.52 Å². The summed E-state index contributed by atoms with van der Waals surface area (Å²) in [6.07, 6.45) is 4.03. The molecular formula is C16H20ClN7. The second-order valence-electron chi connectivity index (χ2n) is 6.23. The SMILES string of the molecule is Cc1nc2ccc(CCc3nc(N4CCCC4)nn3C)nn2c1Cl. The van der Waals surface area contributed by atoms with Crippen molar-refractivity contribution in [1.82, 2.24) is 29.4 Å². The first-order valence-electron chi connectivity index (χ1n) is 8.27. The fraction of sp³-hybridized carbons (Fsp3) is 0.500. The van der Waals surface area contributed by atoms with Crippen LogP contribution in [0, 0.1) is 6.92 Å². The molecule has 1 saturated heterocycles. The third-order valence-electron chi connectivity index (χ3n) is 4.47. The number of anilines is 1. The van der Waals surface area contributed by atoms with Gasteiger partial charge in [0.2, 0.25) is 5.95 Å². The number of nitrogens with zero attached hydrogens (tertiary/aromatic N) is 7. The third-order valence-corrected chi connectivity index (χ3v) is 4.91. The van der Waals surface area contributed by atoms with Crippen molar-refractivity contribution >= 4 is 23.2 Å².